The van der Waals surface area contributed by atoms with Gasteiger partial charge in [0, 0.05) is 22.2 Å². The zero-order chi connectivity index (χ0) is 25.8. The Balaban J connectivity index is 1.56. The van der Waals surface area contributed by atoms with Gasteiger partial charge in [0.05, 0.1) is 27.1 Å². The van der Waals surface area contributed by atoms with E-state index in [0.29, 0.717) is 22.1 Å². The van der Waals surface area contributed by atoms with Crippen molar-refractivity contribution in [1.29, 1.82) is 0 Å². The van der Waals surface area contributed by atoms with E-state index in [2.05, 4.69) is 22.6 Å². The zero-order valence-electron chi connectivity index (χ0n) is 18.8. The van der Waals surface area contributed by atoms with E-state index in [1.165, 1.54) is 25.3 Å². The lowest BCUT2D eigenvalue weighted by atomic mass is 10.1. The van der Waals surface area contributed by atoms with E-state index < -0.39 is 16.1 Å². The van der Waals surface area contributed by atoms with Gasteiger partial charge in [0.1, 0.15) is 6.61 Å². The Hall–Kier alpha value is -3.09. The fraction of sp³-hybridized carbons (Fsp3) is 0.120. The van der Waals surface area contributed by atoms with Crippen LogP contribution in [-0.4, -0.2) is 28.1 Å². The highest BCUT2D eigenvalue weighted by atomic mass is 127. The molecule has 1 heterocycles. The number of halogens is 2. The topological polar surface area (TPSA) is 99.0 Å². The van der Waals surface area contributed by atoms with E-state index >= 15 is 0 Å². The van der Waals surface area contributed by atoms with Crippen LogP contribution in [-0.2, 0) is 17.9 Å². The number of nitro groups is 1. The van der Waals surface area contributed by atoms with Gasteiger partial charge in [0.15, 0.2) is 11.5 Å². The lowest BCUT2D eigenvalue weighted by Gasteiger charge is -2.14. The van der Waals surface area contributed by atoms with E-state index in [9.17, 15) is 19.7 Å². The molecule has 184 valence electrons. The lowest BCUT2D eigenvalue weighted by Crippen LogP contribution is -2.27. The Morgan fingerprint density at radius 2 is 1.81 bits per heavy atom. The van der Waals surface area contributed by atoms with Crippen LogP contribution in [0.4, 0.5) is 10.5 Å². The molecule has 3 aromatic carbocycles. The first-order chi connectivity index (χ1) is 17.3. The summed E-state index contributed by atoms with van der Waals surface area (Å²) >= 11 is 9.11. The van der Waals surface area contributed by atoms with Crippen LogP contribution in [0.3, 0.4) is 0 Å². The van der Waals surface area contributed by atoms with Crippen LogP contribution in [0.15, 0.2) is 65.6 Å². The number of methoxy groups -OCH3 is 1. The maximum Gasteiger partial charge on any atom is 0.293 e. The van der Waals surface area contributed by atoms with Crippen molar-refractivity contribution in [2.45, 2.75) is 13.2 Å². The summed E-state index contributed by atoms with van der Waals surface area (Å²) in [6.07, 6.45) is 1.59. The molecule has 0 radical (unpaired) electrons. The first-order valence-corrected chi connectivity index (χ1v) is 12.8. The third kappa shape index (κ3) is 5.66. The zero-order valence-corrected chi connectivity index (χ0v) is 22.5. The highest BCUT2D eigenvalue weighted by Crippen LogP contribution is 2.38. The number of carbonyl (C=O) groups is 2. The van der Waals surface area contributed by atoms with E-state index in [4.69, 9.17) is 21.1 Å². The number of rotatable bonds is 8. The molecule has 0 bridgehead atoms. The monoisotopic (exact) mass is 636 g/mol. The molecule has 0 unspecified atom stereocenters. The second-order valence-corrected chi connectivity index (χ2v) is 10.1. The number of nitro benzene ring substituents is 1. The van der Waals surface area contributed by atoms with Gasteiger partial charge in [-0.15, -0.1) is 0 Å². The van der Waals surface area contributed by atoms with Gasteiger partial charge in [-0.2, -0.15) is 0 Å². The number of thioether (sulfide) groups is 1. The SMILES string of the molecule is COc1cc(C=C2SC(=O)N(Cc3ccccc3[N+](=O)[O-])C2=O)cc(I)c1OCc1ccccc1Cl. The van der Waals surface area contributed by atoms with Gasteiger partial charge in [-0.25, -0.2) is 0 Å². The maximum atomic E-state index is 13.0. The molecule has 11 heteroatoms. The third-order valence-electron chi connectivity index (χ3n) is 5.27. The quantitative estimate of drug-likeness (QED) is 0.118. The standard InChI is InChI=1S/C25H18ClIN2O6S/c1-34-21-11-15(10-19(27)23(21)35-14-17-7-2-4-8-18(17)26)12-22-24(30)28(25(31)36-22)13-16-6-3-5-9-20(16)29(32)33/h2-12H,13-14H2,1H3. The Morgan fingerprint density at radius 1 is 1.11 bits per heavy atom. The molecular weight excluding hydrogens is 619 g/mol. The molecule has 1 saturated heterocycles. The highest BCUT2D eigenvalue weighted by molar-refractivity contribution is 14.1. The molecule has 8 nitrogen and oxygen atoms in total. The van der Waals surface area contributed by atoms with E-state index in [1.807, 2.05) is 18.2 Å². The van der Waals surface area contributed by atoms with Crippen LogP contribution in [0.1, 0.15) is 16.7 Å². The molecule has 3 aromatic rings. The summed E-state index contributed by atoms with van der Waals surface area (Å²) in [7, 11) is 1.51. The molecule has 1 fully saturated rings. The second-order valence-electron chi connectivity index (χ2n) is 7.57. The first-order valence-electron chi connectivity index (χ1n) is 10.5. The summed E-state index contributed by atoms with van der Waals surface area (Å²) in [6, 6.07) is 16.9. The molecule has 0 spiro atoms. The number of nitrogens with zero attached hydrogens (tertiary/aromatic N) is 2. The minimum Gasteiger partial charge on any atom is -0.493 e. The number of carbonyl (C=O) groups excluding carboxylic acids is 2. The van der Waals surface area contributed by atoms with Crippen molar-refractivity contribution in [1.82, 2.24) is 4.90 Å². The Morgan fingerprint density at radius 3 is 2.50 bits per heavy atom. The van der Waals surface area contributed by atoms with Gasteiger partial charge in [-0.3, -0.25) is 24.6 Å². The molecule has 2 amide bonds. The van der Waals surface area contributed by atoms with Crippen molar-refractivity contribution in [3.05, 3.63) is 101 Å². The predicted octanol–water partition coefficient (Wildman–Crippen LogP) is 6.68. The highest BCUT2D eigenvalue weighted by Gasteiger charge is 2.36. The summed E-state index contributed by atoms with van der Waals surface area (Å²) < 4.78 is 12.2. The van der Waals surface area contributed by atoms with Crippen LogP contribution in [0.2, 0.25) is 5.02 Å². The number of amides is 2. The van der Waals surface area contributed by atoms with Crippen LogP contribution in [0, 0.1) is 13.7 Å². The van der Waals surface area contributed by atoms with Crippen molar-refractivity contribution < 1.29 is 24.0 Å². The normalized spacial score (nSPS) is 14.4. The third-order valence-corrected chi connectivity index (χ3v) is 7.35. The number of ether oxygens (including phenoxy) is 2. The van der Waals surface area contributed by atoms with Crippen molar-refractivity contribution in [2.24, 2.45) is 0 Å². The molecular formula is C25H18ClIN2O6S. The number of benzene rings is 3. The first kappa shape index (κ1) is 26.0. The van der Waals surface area contributed by atoms with E-state index in [1.54, 1.807) is 30.3 Å². The van der Waals surface area contributed by atoms with Crippen molar-refractivity contribution in [2.75, 3.05) is 7.11 Å². The van der Waals surface area contributed by atoms with Gasteiger partial charge in [0.2, 0.25) is 0 Å². The fourth-order valence-electron chi connectivity index (χ4n) is 3.51. The van der Waals surface area contributed by atoms with E-state index in [-0.39, 0.29) is 29.3 Å². The fourth-order valence-corrected chi connectivity index (χ4v) is 5.32. The van der Waals surface area contributed by atoms with Crippen LogP contribution in [0.25, 0.3) is 6.08 Å². The van der Waals surface area contributed by atoms with Crippen molar-refractivity contribution in [3.63, 3.8) is 0 Å². The molecule has 36 heavy (non-hydrogen) atoms. The van der Waals surface area contributed by atoms with Gasteiger partial charge in [-0.05, 0) is 64.2 Å². The minimum atomic E-state index is -0.534. The molecule has 0 saturated carbocycles. The Labute approximate surface area is 229 Å². The smallest absolute Gasteiger partial charge is 0.293 e. The van der Waals surface area contributed by atoms with E-state index in [0.717, 1.165) is 25.8 Å². The molecule has 1 aliphatic rings. The molecule has 0 aliphatic carbocycles. The van der Waals surface area contributed by atoms with Crippen LogP contribution >= 0.6 is 46.0 Å². The summed E-state index contributed by atoms with van der Waals surface area (Å²) in [5, 5.41) is 11.4. The summed E-state index contributed by atoms with van der Waals surface area (Å²) in [5.74, 6) is 0.468. The van der Waals surface area contributed by atoms with Crippen LogP contribution < -0.4 is 9.47 Å². The van der Waals surface area contributed by atoms with Gasteiger partial charge >= 0.3 is 0 Å². The van der Waals surface area contributed by atoms with Gasteiger partial charge < -0.3 is 9.47 Å². The molecule has 0 aromatic heterocycles. The largest absolute Gasteiger partial charge is 0.493 e. The average Bonchev–Trinajstić information content (AvgIpc) is 3.11. The number of imide groups is 1. The summed E-state index contributed by atoms with van der Waals surface area (Å²) in [4.78, 5) is 37.5. The molecule has 1 aliphatic heterocycles. The summed E-state index contributed by atoms with van der Waals surface area (Å²) in [5.41, 5.74) is 1.60. The summed E-state index contributed by atoms with van der Waals surface area (Å²) in [6.45, 7) is 0.0603. The number of para-hydroxylation sites is 1. The average molecular weight is 637 g/mol. The molecule has 0 N–H and O–H groups in total. The van der Waals surface area contributed by atoms with Crippen molar-refractivity contribution in [3.8, 4) is 11.5 Å². The van der Waals surface area contributed by atoms with Gasteiger partial charge in [-0.1, -0.05) is 48.0 Å². The minimum absolute atomic E-state index is 0.146. The molecule has 0 atom stereocenters. The predicted molar refractivity (Wildman–Crippen MR) is 146 cm³/mol. The van der Waals surface area contributed by atoms with Crippen LogP contribution in [0.5, 0.6) is 11.5 Å². The maximum absolute atomic E-state index is 13.0. The number of hydrogen-bond donors (Lipinski definition) is 0. The lowest BCUT2D eigenvalue weighted by molar-refractivity contribution is -0.385. The van der Waals surface area contributed by atoms with Crippen molar-refractivity contribution >= 4 is 68.9 Å². The Bertz CT molecular complexity index is 1400. The second kappa shape index (κ2) is 11.3. The Kier molecular flexibility index (Phi) is 8.17. The molecule has 4 rings (SSSR count). The van der Waals surface area contributed by atoms with Gasteiger partial charge in [0.25, 0.3) is 16.8 Å². The number of hydrogen-bond acceptors (Lipinski definition) is 7.